The number of amides is 5. The van der Waals surface area contributed by atoms with Crippen molar-refractivity contribution in [3.63, 3.8) is 0 Å². The molecule has 91 heavy (non-hydrogen) atoms. The number of carbonyl (C=O) groups is 7. The Morgan fingerprint density at radius 3 is 2.12 bits per heavy atom. The summed E-state index contributed by atoms with van der Waals surface area (Å²) in [7, 11) is -4.10. The number of anilines is 1. The predicted octanol–water partition coefficient (Wildman–Crippen LogP) is 6.76. The average Bonchev–Trinajstić information content (AvgIpc) is 1.64. The molecule has 4 aromatic carbocycles. The Hall–Kier alpha value is -7.41. The fourth-order valence-electron chi connectivity index (χ4n) is 11.7. The van der Waals surface area contributed by atoms with E-state index >= 15 is 0 Å². The van der Waals surface area contributed by atoms with Gasteiger partial charge in [-0.2, -0.15) is 8.78 Å². The third-order valence-electron chi connectivity index (χ3n) is 16.8. The van der Waals surface area contributed by atoms with E-state index < -0.39 is 78.4 Å². The lowest BCUT2D eigenvalue weighted by Crippen LogP contribution is -2.54. The number of hydrogen-bond acceptors (Lipinski definition) is 14. The molecule has 25 heteroatoms. The fraction of sp³-hybridized carbons (Fsp3) is 0.485. The number of rotatable bonds is 36. The number of nitrogens with two attached hydrogens (primary N) is 1. The molecule has 1 aromatic heterocycles. The van der Waals surface area contributed by atoms with Gasteiger partial charge in [0.15, 0.2) is 11.6 Å². The number of carbonyl (C=O) groups excluding carboxylic acids is 7. The standard InChI is InChI=1S/C66H81F2N6O16P/c1-42(47-20-22-51(23-21-47)66(67,68)91(83,84)85)36-53(76)38-50-19-18-48-10-6-11-49-39-58(74(61(48)49)64(50)81)63(80)70-54(24-27-59(69)77)43(2)90-40-46-15-13-44(14-16-46)8-4-5-12-52(75)41-89-35-34-88-33-32-87-31-30-86-29-7-9-45-17-25-55-57(37-45)72(3)65(82)73(55)56-26-28-60(78)71-62(56)79/h6,10-11,13-17,20-23,25,36-37,43,50,54,56,58H,4-5,7-9,12,18-19,24,26-35,38-41H2,1-3H3,(H2,69,77)(H,70,80)(H,71,78,79)(H2,83,84,85)/b42-36+/t43-,50-,54+,56?,58+/m1/s1. The first-order valence-corrected chi connectivity index (χ1v) is 32.5. The molecule has 0 radical (unpaired) electrons. The minimum Gasteiger partial charge on any atom is -0.379 e. The van der Waals surface area contributed by atoms with Gasteiger partial charge in [0.25, 0.3) is 0 Å². The molecule has 0 spiro atoms. The molecule has 1 unspecified atom stereocenters. The quantitative estimate of drug-likeness (QED) is 0.0120. The first-order valence-electron chi connectivity index (χ1n) is 30.8. The summed E-state index contributed by atoms with van der Waals surface area (Å²) in [4.78, 5) is 124. The number of alkyl halides is 2. The number of imidazole rings is 1. The molecule has 1 saturated heterocycles. The third kappa shape index (κ3) is 18.4. The lowest BCUT2D eigenvalue weighted by Gasteiger charge is -2.31. The number of ketones is 2. The van der Waals surface area contributed by atoms with Gasteiger partial charge in [-0.1, -0.05) is 72.8 Å². The maximum atomic E-state index is 14.5. The van der Waals surface area contributed by atoms with Gasteiger partial charge in [0, 0.05) is 57.2 Å². The number of nitrogens with one attached hydrogen (secondary N) is 2. The Balaban J connectivity index is 0.683. The van der Waals surface area contributed by atoms with Crippen molar-refractivity contribution >= 4 is 71.0 Å². The molecule has 5 amide bonds. The van der Waals surface area contributed by atoms with Crippen LogP contribution in [-0.2, 0) is 107 Å². The molecular formula is C66H81F2N6O16P. The van der Waals surface area contributed by atoms with E-state index in [9.17, 15) is 51.7 Å². The van der Waals surface area contributed by atoms with Gasteiger partial charge in [0.2, 0.25) is 29.5 Å². The molecule has 5 aromatic rings. The SMILES string of the molecule is C/C(=C\C(=O)C[C@H]1CCc2cccc3c2N(C1=O)[C@H](C(=O)N[C@@H](CCC(N)=O)[C@@H](C)OCc1ccc(CCCCC(=O)COCCOCCOCCOCCCc2ccc4c(c2)n(C)c(=O)n4C2CCC(=O)NC2=O)cc1)C3)c1ccc(C(F)(F)P(=O)(O)O)cc1. The normalized spacial score (nSPS) is 17.6. The number of unbranched alkanes of at least 4 members (excludes halogenated alkanes) is 1. The molecule has 22 nitrogen and oxygen atoms in total. The number of hydrogen-bond donors (Lipinski definition) is 5. The summed E-state index contributed by atoms with van der Waals surface area (Å²) >= 11 is 0. The second kappa shape index (κ2) is 32.2. The topological polar surface area (TPSA) is 303 Å². The Morgan fingerprint density at radius 2 is 1.44 bits per heavy atom. The van der Waals surface area contributed by atoms with Gasteiger partial charge < -0.3 is 44.5 Å². The minimum absolute atomic E-state index is 0.00897. The first kappa shape index (κ1) is 69.5. The van der Waals surface area contributed by atoms with Gasteiger partial charge in [0.1, 0.15) is 18.7 Å². The Kier molecular flexibility index (Phi) is 24.6. The zero-order valence-corrected chi connectivity index (χ0v) is 52.4. The number of ether oxygens (including phenoxy) is 5. The van der Waals surface area contributed by atoms with Gasteiger partial charge >= 0.3 is 18.9 Å². The number of imide groups is 1. The number of aromatic nitrogens is 2. The number of halogens is 2. The molecule has 0 aliphatic carbocycles. The maximum Gasteiger partial charge on any atom is 0.399 e. The second-order valence-electron chi connectivity index (χ2n) is 23.4. The first-order chi connectivity index (χ1) is 43.5. The molecule has 8 rings (SSSR count). The molecule has 5 atom stereocenters. The Labute approximate surface area is 526 Å². The Bertz CT molecular complexity index is 3570. The van der Waals surface area contributed by atoms with Crippen LogP contribution < -0.4 is 27.0 Å². The summed E-state index contributed by atoms with van der Waals surface area (Å²) in [6.45, 7) is 6.30. The van der Waals surface area contributed by atoms with Crippen molar-refractivity contribution < 1.29 is 80.4 Å². The maximum absolute atomic E-state index is 14.5. The van der Waals surface area contributed by atoms with Crippen LogP contribution in [0.4, 0.5) is 14.5 Å². The number of Topliss-reactive ketones (excluding diaryl/α,β-unsaturated/α-hetero) is 1. The highest BCUT2D eigenvalue weighted by Gasteiger charge is 2.50. The van der Waals surface area contributed by atoms with Crippen LogP contribution in [0.15, 0.2) is 95.8 Å². The number of para-hydroxylation sites is 1. The highest BCUT2D eigenvalue weighted by atomic mass is 31.2. The van der Waals surface area contributed by atoms with Crippen molar-refractivity contribution in [2.75, 3.05) is 57.8 Å². The monoisotopic (exact) mass is 1280 g/mol. The molecular weight excluding hydrogens is 1200 g/mol. The second-order valence-corrected chi connectivity index (χ2v) is 25.1. The molecule has 0 bridgehead atoms. The summed E-state index contributed by atoms with van der Waals surface area (Å²) in [5.74, 6) is -3.42. The molecule has 3 aliphatic heterocycles. The van der Waals surface area contributed by atoms with Crippen LogP contribution in [0.2, 0.25) is 0 Å². The summed E-state index contributed by atoms with van der Waals surface area (Å²) in [5, 5.41) is 5.38. The van der Waals surface area contributed by atoms with E-state index in [2.05, 4.69) is 10.6 Å². The van der Waals surface area contributed by atoms with Gasteiger partial charge in [-0.25, -0.2) is 4.79 Å². The minimum atomic E-state index is -5.78. The van der Waals surface area contributed by atoms with E-state index in [-0.39, 0.29) is 75.7 Å². The molecule has 4 heterocycles. The molecule has 1 fully saturated rings. The summed E-state index contributed by atoms with van der Waals surface area (Å²) < 4.78 is 71.6. The van der Waals surface area contributed by atoms with Gasteiger partial charge in [-0.05, 0) is 129 Å². The van der Waals surface area contributed by atoms with E-state index in [4.69, 9.17) is 39.2 Å². The number of primary amides is 1. The van der Waals surface area contributed by atoms with Gasteiger partial charge in [-0.3, -0.25) is 57.5 Å². The zero-order chi connectivity index (χ0) is 65.4. The van der Waals surface area contributed by atoms with Crippen molar-refractivity contribution in [2.45, 2.75) is 140 Å². The summed E-state index contributed by atoms with van der Waals surface area (Å²) in [6, 6.07) is 21.1. The lowest BCUT2D eigenvalue weighted by atomic mass is 9.92. The van der Waals surface area contributed by atoms with Crippen molar-refractivity contribution in [1.29, 1.82) is 0 Å². The van der Waals surface area contributed by atoms with E-state index in [0.29, 0.717) is 87.7 Å². The van der Waals surface area contributed by atoms with Crippen LogP contribution in [-0.4, -0.2) is 131 Å². The van der Waals surface area contributed by atoms with Gasteiger partial charge in [0.05, 0.1) is 75.1 Å². The number of piperidine rings is 1. The number of nitrogens with zero attached hydrogens (tertiary/aromatic N) is 3. The zero-order valence-electron chi connectivity index (χ0n) is 51.5. The van der Waals surface area contributed by atoms with Crippen LogP contribution in [0.3, 0.4) is 0 Å². The molecule has 3 aliphatic rings. The van der Waals surface area contributed by atoms with Crippen LogP contribution >= 0.6 is 7.60 Å². The van der Waals surface area contributed by atoms with Crippen LogP contribution in [0, 0.1) is 5.92 Å². The molecule has 0 saturated carbocycles. The van der Waals surface area contributed by atoms with Crippen LogP contribution in [0.5, 0.6) is 0 Å². The Morgan fingerprint density at radius 1 is 0.791 bits per heavy atom. The van der Waals surface area contributed by atoms with Crippen molar-refractivity contribution in [2.24, 2.45) is 18.7 Å². The van der Waals surface area contributed by atoms with E-state index in [1.807, 2.05) is 60.7 Å². The van der Waals surface area contributed by atoms with Crippen LogP contribution in [0.25, 0.3) is 16.6 Å². The highest BCUT2D eigenvalue weighted by Crippen LogP contribution is 2.59. The van der Waals surface area contributed by atoms with Crippen molar-refractivity contribution in [1.82, 2.24) is 19.8 Å². The molecule has 6 N–H and O–H groups in total. The lowest BCUT2D eigenvalue weighted by molar-refractivity contribution is -0.136. The third-order valence-corrected chi connectivity index (χ3v) is 17.8. The van der Waals surface area contributed by atoms with E-state index in [1.54, 1.807) is 20.9 Å². The number of fused-ring (bicyclic) bond motifs is 1. The number of benzene rings is 4. The van der Waals surface area contributed by atoms with Crippen molar-refractivity contribution in [3.05, 3.63) is 140 Å². The number of aryl methyl sites for hydroxylation is 4. The smallest absolute Gasteiger partial charge is 0.379 e. The highest BCUT2D eigenvalue weighted by molar-refractivity contribution is 7.52. The average molecular weight is 1280 g/mol. The van der Waals surface area contributed by atoms with E-state index in [1.165, 1.54) is 32.2 Å². The van der Waals surface area contributed by atoms with Gasteiger partial charge in [-0.15, -0.1) is 0 Å². The fourth-order valence-corrected chi connectivity index (χ4v) is 12.2. The predicted molar refractivity (Wildman–Crippen MR) is 333 cm³/mol. The van der Waals surface area contributed by atoms with Crippen LogP contribution in [0.1, 0.15) is 123 Å². The largest absolute Gasteiger partial charge is 0.399 e. The van der Waals surface area contributed by atoms with Crippen molar-refractivity contribution in [3.8, 4) is 0 Å². The summed E-state index contributed by atoms with van der Waals surface area (Å²) in [5.41, 5.74) is 7.41. The summed E-state index contributed by atoms with van der Waals surface area (Å²) in [6.07, 6.45) is 6.26. The van der Waals surface area contributed by atoms with E-state index in [0.717, 1.165) is 71.1 Å². The number of allylic oxidation sites excluding steroid dienone is 2. The molecule has 490 valence electrons.